The molecule has 1 heterocycles. The summed E-state index contributed by atoms with van der Waals surface area (Å²) in [7, 11) is 0. The van der Waals surface area contributed by atoms with E-state index in [0.29, 0.717) is 12.8 Å². The lowest BCUT2D eigenvalue weighted by Crippen LogP contribution is -2.67. The van der Waals surface area contributed by atoms with Crippen molar-refractivity contribution >= 4 is 5.97 Å². The first-order valence-electron chi connectivity index (χ1n) is 6.20. The monoisotopic (exact) mass is 279 g/mol. The normalized spacial score (nSPS) is 36.4. The Morgan fingerprint density at radius 3 is 2.16 bits per heavy atom. The molecule has 0 aromatic heterocycles. The summed E-state index contributed by atoms with van der Waals surface area (Å²) in [6, 6.07) is -0.891. The van der Waals surface area contributed by atoms with Gasteiger partial charge in [-0.05, 0) is 12.8 Å². The molecule has 0 aromatic carbocycles. The maximum absolute atomic E-state index is 10.4. The van der Waals surface area contributed by atoms with Gasteiger partial charge in [0.25, 0.3) is 0 Å². The first-order chi connectivity index (χ1) is 8.90. The molecule has 1 rings (SSSR count). The van der Waals surface area contributed by atoms with Gasteiger partial charge in [-0.3, -0.25) is 9.69 Å². The predicted octanol–water partition coefficient (Wildman–Crippen LogP) is -2.68. The second-order valence-electron chi connectivity index (χ2n) is 4.72. The van der Waals surface area contributed by atoms with Crippen LogP contribution in [-0.2, 0) is 4.79 Å². The molecule has 1 fully saturated rings. The van der Waals surface area contributed by atoms with Crippen LogP contribution < -0.4 is 0 Å². The Kier molecular flexibility index (Phi) is 6.11. The highest BCUT2D eigenvalue weighted by atomic mass is 16.4. The number of rotatable bonds is 6. The number of carboxylic acid groups (broad SMARTS) is 1. The van der Waals surface area contributed by atoms with Gasteiger partial charge >= 0.3 is 5.97 Å². The van der Waals surface area contributed by atoms with Crippen molar-refractivity contribution in [1.29, 1.82) is 0 Å². The molecule has 0 bridgehead atoms. The highest BCUT2D eigenvalue weighted by Gasteiger charge is 2.46. The molecule has 0 amide bonds. The Labute approximate surface area is 110 Å². The quantitative estimate of drug-likeness (QED) is 0.289. The van der Waals surface area contributed by atoms with Gasteiger partial charge < -0.3 is 30.6 Å². The Morgan fingerprint density at radius 1 is 1.00 bits per heavy atom. The standard InChI is InChI=1S/C11H21NO7/c13-5-6-8(16)9(17)10(18)11(19)12(6)4-2-1-3-7(14)15/h6,8-11,13,16-19H,1-5H2,(H,14,15)/t6-,8-,9+,10-,11?/m1/s1. The van der Waals surface area contributed by atoms with E-state index in [9.17, 15) is 30.3 Å². The minimum Gasteiger partial charge on any atom is -0.481 e. The molecule has 8 heteroatoms. The van der Waals surface area contributed by atoms with Crippen molar-refractivity contribution in [3.63, 3.8) is 0 Å². The largest absolute Gasteiger partial charge is 0.481 e. The summed E-state index contributed by atoms with van der Waals surface area (Å²) in [5, 5.41) is 56.3. The zero-order valence-corrected chi connectivity index (χ0v) is 10.5. The van der Waals surface area contributed by atoms with Crippen LogP contribution in [0.3, 0.4) is 0 Å². The number of aliphatic hydroxyl groups is 5. The summed E-state index contributed by atoms with van der Waals surface area (Å²) < 4.78 is 0. The van der Waals surface area contributed by atoms with Gasteiger partial charge in [0.2, 0.25) is 0 Å². The Bertz CT molecular complexity index is 301. The molecule has 0 saturated carbocycles. The average Bonchev–Trinajstić information content (AvgIpc) is 2.37. The van der Waals surface area contributed by atoms with Crippen LogP contribution >= 0.6 is 0 Å². The van der Waals surface area contributed by atoms with E-state index in [4.69, 9.17) is 5.11 Å². The molecule has 6 N–H and O–H groups in total. The fourth-order valence-electron chi connectivity index (χ4n) is 2.28. The van der Waals surface area contributed by atoms with Crippen molar-refractivity contribution < 1.29 is 35.4 Å². The number of piperidine rings is 1. The van der Waals surface area contributed by atoms with Gasteiger partial charge in [-0.1, -0.05) is 0 Å². The van der Waals surface area contributed by atoms with Crippen molar-refractivity contribution in [3.8, 4) is 0 Å². The molecule has 1 saturated heterocycles. The molecular formula is C11H21NO7. The summed E-state index contributed by atoms with van der Waals surface area (Å²) in [6.07, 6.45) is -5.04. The van der Waals surface area contributed by atoms with Crippen molar-refractivity contribution in [1.82, 2.24) is 4.90 Å². The molecule has 1 aliphatic rings. The number of nitrogens with zero attached hydrogens (tertiary/aromatic N) is 1. The van der Waals surface area contributed by atoms with Crippen molar-refractivity contribution in [2.24, 2.45) is 0 Å². The lowest BCUT2D eigenvalue weighted by Gasteiger charge is -2.46. The van der Waals surface area contributed by atoms with E-state index in [1.165, 1.54) is 4.90 Å². The van der Waals surface area contributed by atoms with E-state index in [-0.39, 0.29) is 13.0 Å². The third-order valence-electron chi connectivity index (χ3n) is 3.41. The maximum Gasteiger partial charge on any atom is 0.303 e. The van der Waals surface area contributed by atoms with Gasteiger partial charge in [-0.2, -0.15) is 0 Å². The van der Waals surface area contributed by atoms with E-state index >= 15 is 0 Å². The number of hydrogen-bond donors (Lipinski definition) is 6. The molecule has 112 valence electrons. The smallest absolute Gasteiger partial charge is 0.303 e. The van der Waals surface area contributed by atoms with Gasteiger partial charge in [0.05, 0.1) is 12.6 Å². The Morgan fingerprint density at radius 2 is 1.63 bits per heavy atom. The molecule has 0 spiro atoms. The summed E-state index contributed by atoms with van der Waals surface area (Å²) in [5.41, 5.74) is 0. The number of carbonyl (C=O) groups is 1. The SMILES string of the molecule is O=C(O)CCCCN1C(O)[C@H](O)[C@@H](O)[C@H](O)[C@H]1CO. The van der Waals surface area contributed by atoms with Gasteiger partial charge in [0, 0.05) is 13.0 Å². The molecular weight excluding hydrogens is 258 g/mol. The van der Waals surface area contributed by atoms with Crippen molar-refractivity contribution in [2.75, 3.05) is 13.2 Å². The van der Waals surface area contributed by atoms with Gasteiger partial charge in [-0.25, -0.2) is 0 Å². The first-order valence-corrected chi connectivity index (χ1v) is 6.20. The fourth-order valence-corrected chi connectivity index (χ4v) is 2.28. The van der Waals surface area contributed by atoms with Crippen molar-refractivity contribution in [2.45, 2.75) is 49.8 Å². The molecule has 19 heavy (non-hydrogen) atoms. The minimum absolute atomic E-state index is 0.0124. The van der Waals surface area contributed by atoms with Crippen LogP contribution in [0.2, 0.25) is 0 Å². The number of likely N-dealkylation sites (tertiary alicyclic amines) is 1. The molecule has 0 aromatic rings. The van der Waals surface area contributed by atoms with Gasteiger partial charge in [-0.15, -0.1) is 0 Å². The number of aliphatic carboxylic acids is 1. The van der Waals surface area contributed by atoms with Crippen LogP contribution in [0, 0.1) is 0 Å². The summed E-state index contributed by atoms with van der Waals surface area (Å²) in [5.74, 6) is -0.923. The highest BCUT2D eigenvalue weighted by molar-refractivity contribution is 5.66. The van der Waals surface area contributed by atoms with Crippen LogP contribution in [-0.4, -0.2) is 85.2 Å². The van der Waals surface area contributed by atoms with E-state index in [0.717, 1.165) is 0 Å². The van der Waals surface area contributed by atoms with Crippen LogP contribution in [0.1, 0.15) is 19.3 Å². The summed E-state index contributed by atoms with van der Waals surface area (Å²) in [6.45, 7) is -0.276. The zero-order chi connectivity index (χ0) is 14.6. The highest BCUT2D eigenvalue weighted by Crippen LogP contribution is 2.23. The number of carboxylic acids is 1. The molecule has 8 nitrogen and oxygen atoms in total. The van der Waals surface area contributed by atoms with E-state index < -0.39 is 43.2 Å². The lowest BCUT2D eigenvalue weighted by molar-refractivity contribution is -0.222. The number of aliphatic hydroxyl groups excluding tert-OH is 5. The third kappa shape index (κ3) is 3.85. The van der Waals surface area contributed by atoms with Crippen LogP contribution in [0.4, 0.5) is 0 Å². The first kappa shape index (κ1) is 16.3. The van der Waals surface area contributed by atoms with E-state index in [1.807, 2.05) is 0 Å². The van der Waals surface area contributed by atoms with Crippen molar-refractivity contribution in [3.05, 3.63) is 0 Å². The second kappa shape index (κ2) is 7.13. The second-order valence-corrected chi connectivity index (χ2v) is 4.72. The maximum atomic E-state index is 10.4. The Balaban J connectivity index is 2.59. The van der Waals surface area contributed by atoms with Crippen LogP contribution in [0.15, 0.2) is 0 Å². The predicted molar refractivity (Wildman–Crippen MR) is 63.1 cm³/mol. The molecule has 1 aliphatic heterocycles. The third-order valence-corrected chi connectivity index (χ3v) is 3.41. The molecule has 5 atom stereocenters. The van der Waals surface area contributed by atoms with Crippen LogP contribution in [0.25, 0.3) is 0 Å². The zero-order valence-electron chi connectivity index (χ0n) is 10.5. The topological polar surface area (TPSA) is 142 Å². The summed E-state index contributed by atoms with van der Waals surface area (Å²) >= 11 is 0. The molecule has 0 aliphatic carbocycles. The van der Waals surface area contributed by atoms with E-state index in [1.54, 1.807) is 0 Å². The fraction of sp³-hybridized carbons (Fsp3) is 0.909. The van der Waals surface area contributed by atoms with Gasteiger partial charge in [0.15, 0.2) is 0 Å². The van der Waals surface area contributed by atoms with Gasteiger partial charge in [0.1, 0.15) is 24.5 Å². The number of unbranched alkanes of at least 4 members (excludes halogenated alkanes) is 1. The van der Waals surface area contributed by atoms with E-state index in [2.05, 4.69) is 0 Å². The Hall–Kier alpha value is -0.770. The lowest BCUT2D eigenvalue weighted by atomic mass is 9.92. The van der Waals surface area contributed by atoms with Crippen LogP contribution in [0.5, 0.6) is 0 Å². The molecule has 0 radical (unpaired) electrons. The molecule has 1 unspecified atom stereocenters. The number of hydrogen-bond acceptors (Lipinski definition) is 7. The summed E-state index contributed by atoms with van der Waals surface area (Å²) in [4.78, 5) is 11.6. The average molecular weight is 279 g/mol. The minimum atomic E-state index is -1.53.